The second-order valence-corrected chi connectivity index (χ2v) is 7.52. The first-order chi connectivity index (χ1) is 12.4. The van der Waals surface area contributed by atoms with Gasteiger partial charge in [-0.2, -0.15) is 0 Å². The molecule has 0 saturated carbocycles. The van der Waals surface area contributed by atoms with Crippen molar-refractivity contribution in [2.75, 3.05) is 11.9 Å². The third-order valence-corrected chi connectivity index (χ3v) is 5.80. The van der Waals surface area contributed by atoms with E-state index in [2.05, 4.69) is 5.32 Å². The van der Waals surface area contributed by atoms with Crippen LogP contribution in [0.2, 0.25) is 0 Å². The molecule has 1 aromatic carbocycles. The van der Waals surface area contributed by atoms with Crippen LogP contribution in [0.3, 0.4) is 0 Å². The normalized spacial score (nSPS) is 10.7. The molecule has 0 aliphatic rings. The van der Waals surface area contributed by atoms with Gasteiger partial charge in [-0.25, -0.2) is 4.79 Å². The number of nitro groups is 1. The molecule has 0 spiro atoms. The number of thiophene rings is 2. The number of aryl methyl sites for hydroxylation is 1. The summed E-state index contributed by atoms with van der Waals surface area (Å²) in [5.74, 6) is -0.741. The summed E-state index contributed by atoms with van der Waals surface area (Å²) >= 11 is 2.40. The molecule has 0 unspecified atom stereocenters. The van der Waals surface area contributed by atoms with Crippen LogP contribution < -0.4 is 5.32 Å². The van der Waals surface area contributed by atoms with Crippen LogP contribution in [-0.4, -0.2) is 23.4 Å². The maximum absolute atomic E-state index is 12.5. The number of hydrogen-bond donors (Lipinski definition) is 1. The summed E-state index contributed by atoms with van der Waals surface area (Å²) in [5.41, 5.74) is 0.714. The number of benzene rings is 1. The van der Waals surface area contributed by atoms with E-state index in [4.69, 9.17) is 4.74 Å². The highest BCUT2D eigenvalue weighted by atomic mass is 32.1. The number of carbonyl (C=O) groups excluding carboxylic acids is 2. The van der Waals surface area contributed by atoms with Crippen LogP contribution in [-0.2, 0) is 4.74 Å². The van der Waals surface area contributed by atoms with E-state index < -0.39 is 10.9 Å². The first kappa shape index (κ1) is 18.0. The summed E-state index contributed by atoms with van der Waals surface area (Å²) in [6, 6.07) is 7.82. The van der Waals surface area contributed by atoms with Crippen LogP contribution >= 0.6 is 22.7 Å². The molecule has 3 rings (SSSR count). The molecule has 0 atom stereocenters. The third kappa shape index (κ3) is 3.58. The molecule has 0 bridgehead atoms. The van der Waals surface area contributed by atoms with Crippen molar-refractivity contribution in [3.8, 4) is 0 Å². The Bertz CT molecular complexity index is 1020. The lowest BCUT2D eigenvalue weighted by molar-refractivity contribution is -0.384. The van der Waals surface area contributed by atoms with Gasteiger partial charge in [0, 0.05) is 22.2 Å². The SMILES string of the molecule is CCOC(=O)c1sc(NC(=O)c2cc3cc([N+](=O)[O-])ccc3s2)cc1C. The van der Waals surface area contributed by atoms with Crippen molar-refractivity contribution >= 4 is 55.3 Å². The molecule has 3 aromatic rings. The molecule has 0 radical (unpaired) electrons. The molecule has 9 heteroatoms. The lowest BCUT2D eigenvalue weighted by Crippen LogP contribution is -2.08. The van der Waals surface area contributed by atoms with Gasteiger partial charge >= 0.3 is 5.97 Å². The molecule has 1 N–H and O–H groups in total. The summed E-state index contributed by atoms with van der Waals surface area (Å²) in [7, 11) is 0. The van der Waals surface area contributed by atoms with Crippen molar-refractivity contribution in [2.45, 2.75) is 13.8 Å². The van der Waals surface area contributed by atoms with Gasteiger partial charge in [-0.3, -0.25) is 14.9 Å². The van der Waals surface area contributed by atoms with Gasteiger partial charge in [-0.15, -0.1) is 22.7 Å². The Hall–Kier alpha value is -2.78. The molecule has 0 aliphatic heterocycles. The van der Waals surface area contributed by atoms with Crippen molar-refractivity contribution in [1.82, 2.24) is 0 Å². The molecule has 2 heterocycles. The fourth-order valence-electron chi connectivity index (χ4n) is 2.37. The zero-order valence-electron chi connectivity index (χ0n) is 13.9. The predicted molar refractivity (Wildman–Crippen MR) is 101 cm³/mol. The molecule has 134 valence electrons. The second kappa shape index (κ2) is 7.22. The fraction of sp³-hybridized carbons (Fsp3) is 0.176. The van der Waals surface area contributed by atoms with Gasteiger partial charge < -0.3 is 10.1 Å². The average Bonchev–Trinajstić information content (AvgIpc) is 3.17. The van der Waals surface area contributed by atoms with Gasteiger partial charge in [-0.1, -0.05) is 0 Å². The number of amides is 1. The Balaban J connectivity index is 1.82. The first-order valence-electron chi connectivity index (χ1n) is 7.66. The Morgan fingerprint density at radius 2 is 2.00 bits per heavy atom. The number of carbonyl (C=O) groups is 2. The highest BCUT2D eigenvalue weighted by molar-refractivity contribution is 7.21. The highest BCUT2D eigenvalue weighted by Crippen LogP contribution is 2.31. The monoisotopic (exact) mass is 390 g/mol. The number of ether oxygens (including phenoxy) is 1. The first-order valence-corrected chi connectivity index (χ1v) is 9.29. The van der Waals surface area contributed by atoms with Gasteiger partial charge in [0.1, 0.15) is 4.88 Å². The van der Waals surface area contributed by atoms with E-state index in [1.165, 1.54) is 23.5 Å². The standard InChI is InChI=1S/C17H14N2O5S2/c1-3-24-17(21)15-9(2)6-14(26-15)18-16(20)13-8-10-7-11(19(22)23)4-5-12(10)25-13/h4-8H,3H2,1-2H3,(H,18,20). The van der Waals surface area contributed by atoms with Crippen LogP contribution in [0.15, 0.2) is 30.3 Å². The smallest absolute Gasteiger partial charge is 0.348 e. The number of rotatable bonds is 5. The van der Waals surface area contributed by atoms with E-state index in [9.17, 15) is 19.7 Å². The Labute approximate surface area is 156 Å². The van der Waals surface area contributed by atoms with Gasteiger partial charge in [0.15, 0.2) is 0 Å². The van der Waals surface area contributed by atoms with E-state index >= 15 is 0 Å². The van der Waals surface area contributed by atoms with Crippen LogP contribution in [0, 0.1) is 17.0 Å². The fourth-order valence-corrected chi connectivity index (χ4v) is 4.27. The van der Waals surface area contributed by atoms with E-state index in [0.29, 0.717) is 20.1 Å². The van der Waals surface area contributed by atoms with Crippen LogP contribution in [0.4, 0.5) is 10.7 Å². The maximum Gasteiger partial charge on any atom is 0.348 e. The maximum atomic E-state index is 12.5. The molecular formula is C17H14N2O5S2. The summed E-state index contributed by atoms with van der Waals surface area (Å²) < 4.78 is 5.78. The molecular weight excluding hydrogens is 376 g/mol. The van der Waals surface area contributed by atoms with Crippen molar-refractivity contribution in [3.05, 3.63) is 55.8 Å². The Morgan fingerprint density at radius 1 is 1.23 bits per heavy atom. The zero-order chi connectivity index (χ0) is 18.8. The summed E-state index contributed by atoms with van der Waals surface area (Å²) in [4.78, 5) is 35.6. The number of nitrogens with one attached hydrogen (secondary N) is 1. The number of fused-ring (bicyclic) bond motifs is 1. The predicted octanol–water partition coefficient (Wildman–Crippen LogP) is 4.61. The minimum Gasteiger partial charge on any atom is -0.462 e. The average molecular weight is 390 g/mol. The summed E-state index contributed by atoms with van der Waals surface area (Å²) in [6.45, 7) is 3.79. The molecule has 26 heavy (non-hydrogen) atoms. The molecule has 0 aliphatic carbocycles. The Morgan fingerprint density at radius 3 is 2.69 bits per heavy atom. The van der Waals surface area contributed by atoms with Crippen molar-refractivity contribution in [1.29, 1.82) is 0 Å². The van der Waals surface area contributed by atoms with Crippen LogP contribution in [0.5, 0.6) is 0 Å². The van der Waals surface area contributed by atoms with E-state index in [1.54, 1.807) is 32.0 Å². The van der Waals surface area contributed by atoms with Crippen LogP contribution in [0.25, 0.3) is 10.1 Å². The van der Waals surface area contributed by atoms with Gasteiger partial charge in [-0.05, 0) is 37.6 Å². The van der Waals surface area contributed by atoms with E-state index in [-0.39, 0.29) is 18.2 Å². The molecule has 1 amide bonds. The van der Waals surface area contributed by atoms with Gasteiger partial charge in [0.2, 0.25) is 0 Å². The molecule has 7 nitrogen and oxygen atoms in total. The van der Waals surface area contributed by atoms with E-state index in [1.807, 2.05) is 0 Å². The quantitative estimate of drug-likeness (QED) is 0.390. The number of nitro benzene ring substituents is 1. The number of hydrogen-bond acceptors (Lipinski definition) is 7. The molecule has 0 saturated heterocycles. The van der Waals surface area contributed by atoms with Crippen molar-refractivity contribution in [2.24, 2.45) is 0 Å². The minimum absolute atomic E-state index is 0.0183. The third-order valence-electron chi connectivity index (χ3n) is 3.55. The van der Waals surface area contributed by atoms with Crippen LogP contribution in [0.1, 0.15) is 31.8 Å². The van der Waals surface area contributed by atoms with E-state index in [0.717, 1.165) is 21.6 Å². The largest absolute Gasteiger partial charge is 0.462 e. The lowest BCUT2D eigenvalue weighted by atomic mass is 10.2. The molecule has 2 aromatic heterocycles. The van der Waals surface area contributed by atoms with Gasteiger partial charge in [0.05, 0.1) is 21.4 Å². The Kier molecular flexibility index (Phi) is 5.01. The van der Waals surface area contributed by atoms with Gasteiger partial charge in [0.25, 0.3) is 11.6 Å². The number of esters is 1. The number of anilines is 1. The highest BCUT2D eigenvalue weighted by Gasteiger charge is 2.18. The minimum atomic E-state index is -0.470. The topological polar surface area (TPSA) is 98.5 Å². The number of nitrogens with zero attached hydrogens (tertiary/aromatic N) is 1. The van der Waals surface area contributed by atoms with Crippen molar-refractivity contribution in [3.63, 3.8) is 0 Å². The summed E-state index contributed by atoms with van der Waals surface area (Å²) in [5, 5.41) is 14.8. The van der Waals surface area contributed by atoms with Crippen molar-refractivity contribution < 1.29 is 19.2 Å². The zero-order valence-corrected chi connectivity index (χ0v) is 15.5. The number of non-ortho nitro benzene ring substituents is 1. The second-order valence-electron chi connectivity index (χ2n) is 5.39. The summed E-state index contributed by atoms with van der Waals surface area (Å²) in [6.07, 6.45) is 0. The molecule has 0 fully saturated rings. The lowest BCUT2D eigenvalue weighted by Gasteiger charge is -1.99.